The van der Waals surface area contributed by atoms with E-state index >= 15 is 0 Å². The lowest BCUT2D eigenvalue weighted by atomic mass is 9.81. The Bertz CT molecular complexity index is 346. The highest BCUT2D eigenvalue weighted by Crippen LogP contribution is 2.39. The molecule has 0 saturated heterocycles. The first-order chi connectivity index (χ1) is 9.61. The minimum Gasteiger partial charge on any atom is -0.369 e. The molecular weight excluding hydrogens is 252 g/mol. The molecule has 0 aliphatic heterocycles. The minimum absolute atomic E-state index is 0.00729. The van der Waals surface area contributed by atoms with E-state index < -0.39 is 0 Å². The molecule has 2 rings (SSSR count). The van der Waals surface area contributed by atoms with Gasteiger partial charge in [-0.25, -0.2) is 0 Å². The number of carbonyl (C=O) groups is 2. The van der Waals surface area contributed by atoms with Gasteiger partial charge in [0.05, 0.1) is 0 Å². The Balaban J connectivity index is 1.94. The van der Waals surface area contributed by atoms with E-state index in [0.717, 1.165) is 25.2 Å². The standard InChI is InChI=1S/C16H28N2O2/c1-18-16(20)14(10-12-6-7-12)13(15(17)19)9-8-11-4-2-3-5-11/h11-14H,2-10H2,1H3,(H2,17,19)(H,18,20)/t13-,14+/m0/s1. The molecule has 2 aliphatic rings. The maximum absolute atomic E-state index is 12.1. The smallest absolute Gasteiger partial charge is 0.223 e. The van der Waals surface area contributed by atoms with Gasteiger partial charge in [-0.05, 0) is 31.1 Å². The van der Waals surface area contributed by atoms with Gasteiger partial charge in [0, 0.05) is 18.9 Å². The summed E-state index contributed by atoms with van der Waals surface area (Å²) in [5.74, 6) is 0.570. The van der Waals surface area contributed by atoms with Crippen molar-refractivity contribution in [1.82, 2.24) is 5.32 Å². The first-order valence-corrected chi connectivity index (χ1v) is 8.12. The van der Waals surface area contributed by atoms with Gasteiger partial charge in [-0.15, -0.1) is 0 Å². The van der Waals surface area contributed by atoms with E-state index in [4.69, 9.17) is 5.73 Å². The molecular formula is C16H28N2O2. The Morgan fingerprint density at radius 1 is 1.10 bits per heavy atom. The fourth-order valence-electron chi connectivity index (χ4n) is 3.61. The summed E-state index contributed by atoms with van der Waals surface area (Å²) < 4.78 is 0. The lowest BCUT2D eigenvalue weighted by Gasteiger charge is -2.24. The van der Waals surface area contributed by atoms with E-state index in [2.05, 4.69) is 5.32 Å². The third kappa shape index (κ3) is 4.22. The van der Waals surface area contributed by atoms with Crippen molar-refractivity contribution < 1.29 is 9.59 Å². The van der Waals surface area contributed by atoms with Crippen molar-refractivity contribution in [2.24, 2.45) is 29.4 Å². The predicted octanol–water partition coefficient (Wildman–Crippen LogP) is 2.22. The number of nitrogens with two attached hydrogens (primary N) is 1. The maximum atomic E-state index is 12.1. The van der Waals surface area contributed by atoms with E-state index in [1.165, 1.54) is 38.5 Å². The first-order valence-electron chi connectivity index (χ1n) is 8.12. The van der Waals surface area contributed by atoms with Gasteiger partial charge in [0.25, 0.3) is 0 Å². The second kappa shape index (κ2) is 7.09. The summed E-state index contributed by atoms with van der Waals surface area (Å²) in [4.78, 5) is 23.9. The second-order valence-corrected chi connectivity index (χ2v) is 6.64. The number of nitrogens with one attached hydrogen (secondary N) is 1. The quantitative estimate of drug-likeness (QED) is 0.715. The second-order valence-electron chi connectivity index (χ2n) is 6.64. The lowest BCUT2D eigenvalue weighted by molar-refractivity contribution is -0.133. The number of rotatable bonds is 8. The molecule has 2 aliphatic carbocycles. The summed E-state index contributed by atoms with van der Waals surface area (Å²) in [5.41, 5.74) is 5.59. The lowest BCUT2D eigenvalue weighted by Crippen LogP contribution is -2.39. The van der Waals surface area contributed by atoms with Crippen molar-refractivity contribution in [3.05, 3.63) is 0 Å². The predicted molar refractivity (Wildman–Crippen MR) is 78.8 cm³/mol. The normalized spacial score (nSPS) is 22.4. The van der Waals surface area contributed by atoms with Crippen LogP contribution in [0, 0.1) is 23.7 Å². The van der Waals surface area contributed by atoms with Crippen LogP contribution in [0.1, 0.15) is 57.8 Å². The van der Waals surface area contributed by atoms with Crippen LogP contribution in [0.4, 0.5) is 0 Å². The molecule has 4 nitrogen and oxygen atoms in total. The third-order valence-corrected chi connectivity index (χ3v) is 5.08. The number of hydrogen-bond acceptors (Lipinski definition) is 2. The van der Waals surface area contributed by atoms with Crippen LogP contribution >= 0.6 is 0 Å². The number of primary amides is 1. The van der Waals surface area contributed by atoms with Gasteiger partial charge in [-0.2, -0.15) is 0 Å². The Hall–Kier alpha value is -1.06. The fraction of sp³-hybridized carbons (Fsp3) is 0.875. The molecule has 0 heterocycles. The highest BCUT2D eigenvalue weighted by atomic mass is 16.2. The molecule has 0 bridgehead atoms. The average molecular weight is 280 g/mol. The van der Waals surface area contributed by atoms with Gasteiger partial charge in [0.2, 0.25) is 11.8 Å². The van der Waals surface area contributed by atoms with E-state index in [9.17, 15) is 9.59 Å². The van der Waals surface area contributed by atoms with Crippen LogP contribution in [0.5, 0.6) is 0 Å². The zero-order valence-corrected chi connectivity index (χ0v) is 12.6. The van der Waals surface area contributed by atoms with Crippen molar-refractivity contribution >= 4 is 11.8 Å². The van der Waals surface area contributed by atoms with Crippen LogP contribution in [0.25, 0.3) is 0 Å². The molecule has 0 aromatic rings. The summed E-state index contributed by atoms with van der Waals surface area (Å²) in [6.45, 7) is 0. The Morgan fingerprint density at radius 2 is 1.75 bits per heavy atom. The van der Waals surface area contributed by atoms with Crippen LogP contribution in [0.2, 0.25) is 0 Å². The molecule has 2 fully saturated rings. The zero-order chi connectivity index (χ0) is 14.5. The van der Waals surface area contributed by atoms with Crippen LogP contribution in [0.15, 0.2) is 0 Å². The Kier molecular flexibility index (Phi) is 5.44. The molecule has 2 amide bonds. The number of amides is 2. The summed E-state index contributed by atoms with van der Waals surface area (Å²) in [6, 6.07) is 0. The third-order valence-electron chi connectivity index (χ3n) is 5.08. The highest BCUT2D eigenvalue weighted by molar-refractivity contribution is 5.86. The Labute approximate surface area is 121 Å². The monoisotopic (exact) mass is 280 g/mol. The largest absolute Gasteiger partial charge is 0.369 e. The molecule has 114 valence electrons. The summed E-state index contributed by atoms with van der Waals surface area (Å²) in [6.07, 6.45) is 10.2. The van der Waals surface area contributed by atoms with Gasteiger partial charge in [0.1, 0.15) is 0 Å². The molecule has 4 heteroatoms. The van der Waals surface area contributed by atoms with Gasteiger partial charge >= 0.3 is 0 Å². The van der Waals surface area contributed by atoms with Crippen LogP contribution in [0.3, 0.4) is 0 Å². The van der Waals surface area contributed by atoms with Crippen molar-refractivity contribution in [2.45, 2.75) is 57.8 Å². The molecule has 3 N–H and O–H groups in total. The van der Waals surface area contributed by atoms with Crippen LogP contribution in [-0.2, 0) is 9.59 Å². The van der Waals surface area contributed by atoms with Crippen LogP contribution < -0.4 is 11.1 Å². The molecule has 0 unspecified atom stereocenters. The average Bonchev–Trinajstić information content (AvgIpc) is 3.09. The Morgan fingerprint density at radius 3 is 2.25 bits per heavy atom. The molecule has 2 saturated carbocycles. The molecule has 20 heavy (non-hydrogen) atoms. The highest BCUT2D eigenvalue weighted by Gasteiger charge is 2.37. The van der Waals surface area contributed by atoms with Crippen molar-refractivity contribution in [3.63, 3.8) is 0 Å². The van der Waals surface area contributed by atoms with Crippen molar-refractivity contribution in [1.29, 1.82) is 0 Å². The van der Waals surface area contributed by atoms with Gasteiger partial charge in [-0.3, -0.25) is 9.59 Å². The first kappa shape index (κ1) is 15.3. The van der Waals surface area contributed by atoms with Crippen LogP contribution in [-0.4, -0.2) is 18.9 Å². The molecule has 0 radical (unpaired) electrons. The van der Waals surface area contributed by atoms with Gasteiger partial charge in [-0.1, -0.05) is 38.5 Å². The van der Waals surface area contributed by atoms with E-state index in [-0.39, 0.29) is 23.7 Å². The molecule has 2 atom stereocenters. The minimum atomic E-state index is -0.294. The maximum Gasteiger partial charge on any atom is 0.223 e. The SMILES string of the molecule is CNC(=O)[C@H](CC1CC1)[C@H](CCC1CCCC1)C(N)=O. The summed E-state index contributed by atoms with van der Waals surface area (Å²) in [7, 11) is 1.65. The number of hydrogen-bond donors (Lipinski definition) is 2. The summed E-state index contributed by atoms with van der Waals surface area (Å²) >= 11 is 0. The topological polar surface area (TPSA) is 72.2 Å². The van der Waals surface area contributed by atoms with Gasteiger partial charge in [0.15, 0.2) is 0 Å². The van der Waals surface area contributed by atoms with E-state index in [0.29, 0.717) is 5.92 Å². The van der Waals surface area contributed by atoms with Crippen molar-refractivity contribution in [3.8, 4) is 0 Å². The van der Waals surface area contributed by atoms with E-state index in [1.54, 1.807) is 7.05 Å². The van der Waals surface area contributed by atoms with Gasteiger partial charge < -0.3 is 11.1 Å². The zero-order valence-electron chi connectivity index (χ0n) is 12.6. The fourth-order valence-corrected chi connectivity index (χ4v) is 3.61. The molecule has 0 aromatic carbocycles. The molecule has 0 spiro atoms. The number of carbonyl (C=O) groups excluding carboxylic acids is 2. The van der Waals surface area contributed by atoms with E-state index in [1.807, 2.05) is 0 Å². The van der Waals surface area contributed by atoms with Crippen molar-refractivity contribution in [2.75, 3.05) is 7.05 Å². The summed E-state index contributed by atoms with van der Waals surface area (Å²) in [5, 5.41) is 2.71. The molecule has 0 aromatic heterocycles.